The van der Waals surface area contributed by atoms with E-state index in [0.717, 1.165) is 17.8 Å². The van der Waals surface area contributed by atoms with Gasteiger partial charge < -0.3 is 10.3 Å². The van der Waals surface area contributed by atoms with E-state index in [2.05, 4.69) is 15.3 Å². The first-order valence-electron chi connectivity index (χ1n) is 6.40. The van der Waals surface area contributed by atoms with Crippen molar-refractivity contribution < 1.29 is 18.0 Å². The first-order chi connectivity index (χ1) is 11.3. The largest absolute Gasteiger partial charge is 0.346 e. The quantitative estimate of drug-likeness (QED) is 0.498. The number of hydrogen-bond donors (Lipinski definition) is 2. The van der Waals surface area contributed by atoms with Crippen LogP contribution in [0.5, 0.6) is 0 Å². The van der Waals surface area contributed by atoms with E-state index >= 15 is 0 Å². The molecule has 1 aromatic heterocycles. The Hall–Kier alpha value is -2.80. The Balaban J connectivity index is 2.12. The number of nitrogens with one attached hydrogen (secondary N) is 2. The molecule has 6 nitrogen and oxygen atoms in total. The molecule has 10 heteroatoms. The van der Waals surface area contributed by atoms with Crippen LogP contribution in [-0.2, 0) is 4.79 Å². The lowest BCUT2D eigenvalue weighted by molar-refractivity contribution is -0.113. The molecule has 24 heavy (non-hydrogen) atoms. The zero-order valence-corrected chi connectivity index (χ0v) is 12.9. The molecular weight excluding hydrogens is 345 g/mol. The molecule has 1 amide bonds. The normalized spacial score (nSPS) is 10.3. The Morgan fingerprint density at radius 1 is 1.38 bits per heavy atom. The summed E-state index contributed by atoms with van der Waals surface area (Å²) < 4.78 is 39.4. The van der Waals surface area contributed by atoms with Crippen LogP contribution in [0.3, 0.4) is 0 Å². The molecule has 0 spiro atoms. The standard InChI is InChI=1S/C14H9F3N4O2S/c1-6-7(4-18)13(21-14(23)19-6)24-5-10(22)20-9-3-2-8(15)11(16)12(9)17/h2-3H,5H2,1H3,(H,20,22)(H,19,21,23). The van der Waals surface area contributed by atoms with Crippen molar-refractivity contribution in [2.45, 2.75) is 11.9 Å². The number of H-pyrrole nitrogens is 1. The smallest absolute Gasteiger partial charge is 0.323 e. The number of nitriles is 1. The van der Waals surface area contributed by atoms with Crippen molar-refractivity contribution in [1.29, 1.82) is 5.26 Å². The van der Waals surface area contributed by atoms with E-state index in [1.807, 2.05) is 6.07 Å². The summed E-state index contributed by atoms with van der Waals surface area (Å²) in [6.07, 6.45) is 0. The fourth-order valence-corrected chi connectivity index (χ4v) is 2.57. The van der Waals surface area contributed by atoms with Gasteiger partial charge in [0.1, 0.15) is 16.7 Å². The molecular formula is C14H9F3N4O2S. The zero-order chi connectivity index (χ0) is 17.9. The van der Waals surface area contributed by atoms with Crippen LogP contribution in [0, 0.1) is 35.7 Å². The molecule has 0 radical (unpaired) electrons. The number of carbonyl (C=O) groups is 1. The van der Waals surface area contributed by atoms with Gasteiger partial charge in [-0.2, -0.15) is 10.2 Å². The van der Waals surface area contributed by atoms with Crippen molar-refractivity contribution in [3.63, 3.8) is 0 Å². The van der Waals surface area contributed by atoms with Gasteiger partial charge in [-0.25, -0.2) is 18.0 Å². The van der Waals surface area contributed by atoms with E-state index in [9.17, 15) is 22.8 Å². The molecule has 0 aliphatic carbocycles. The average molecular weight is 354 g/mol. The molecule has 2 N–H and O–H groups in total. The third-order valence-corrected chi connectivity index (χ3v) is 3.82. The van der Waals surface area contributed by atoms with E-state index < -0.39 is 34.7 Å². The number of nitrogens with zero attached hydrogens (tertiary/aromatic N) is 2. The van der Waals surface area contributed by atoms with Gasteiger partial charge in [-0.3, -0.25) is 4.79 Å². The van der Waals surface area contributed by atoms with Crippen molar-refractivity contribution in [1.82, 2.24) is 9.97 Å². The molecule has 0 saturated heterocycles. The monoisotopic (exact) mass is 354 g/mol. The number of anilines is 1. The lowest BCUT2D eigenvalue weighted by Gasteiger charge is -2.08. The Kier molecular flexibility index (Phi) is 5.25. The second-order valence-electron chi connectivity index (χ2n) is 4.52. The summed E-state index contributed by atoms with van der Waals surface area (Å²) in [4.78, 5) is 29.0. The maximum atomic E-state index is 13.5. The number of hydrogen-bond acceptors (Lipinski definition) is 5. The number of aryl methyl sites for hydroxylation is 1. The fraction of sp³-hybridized carbons (Fsp3) is 0.143. The molecule has 0 saturated carbocycles. The predicted molar refractivity (Wildman–Crippen MR) is 80.0 cm³/mol. The summed E-state index contributed by atoms with van der Waals surface area (Å²) >= 11 is 0.785. The van der Waals surface area contributed by atoms with Gasteiger partial charge in [-0.05, 0) is 19.1 Å². The van der Waals surface area contributed by atoms with Gasteiger partial charge in [0.25, 0.3) is 0 Å². The third-order valence-electron chi connectivity index (χ3n) is 2.85. The van der Waals surface area contributed by atoms with Crippen molar-refractivity contribution in [3.05, 3.63) is 51.3 Å². The lowest BCUT2D eigenvalue weighted by atomic mass is 10.3. The van der Waals surface area contributed by atoms with Crippen LogP contribution >= 0.6 is 11.8 Å². The highest BCUT2D eigenvalue weighted by Crippen LogP contribution is 2.22. The molecule has 0 fully saturated rings. The fourth-order valence-electron chi connectivity index (χ4n) is 1.74. The van der Waals surface area contributed by atoms with Gasteiger partial charge in [-0.1, -0.05) is 11.8 Å². The Morgan fingerprint density at radius 3 is 2.75 bits per heavy atom. The number of halogens is 3. The van der Waals surface area contributed by atoms with Gasteiger partial charge >= 0.3 is 5.69 Å². The number of benzene rings is 1. The van der Waals surface area contributed by atoms with E-state index in [0.29, 0.717) is 11.8 Å². The number of aromatic nitrogens is 2. The molecule has 0 aliphatic heterocycles. The highest BCUT2D eigenvalue weighted by Gasteiger charge is 2.16. The summed E-state index contributed by atoms with van der Waals surface area (Å²) in [7, 11) is 0. The van der Waals surface area contributed by atoms with E-state index in [4.69, 9.17) is 5.26 Å². The second kappa shape index (κ2) is 7.18. The number of carbonyl (C=O) groups excluding carboxylic acids is 1. The summed E-state index contributed by atoms with van der Waals surface area (Å²) in [5, 5.41) is 11.1. The molecule has 0 aliphatic rings. The highest BCUT2D eigenvalue weighted by atomic mass is 32.2. The van der Waals surface area contributed by atoms with Gasteiger partial charge in [-0.15, -0.1) is 0 Å². The Labute approximate surface area is 137 Å². The number of aromatic amines is 1. The van der Waals surface area contributed by atoms with Crippen LogP contribution in [-0.4, -0.2) is 21.6 Å². The molecule has 2 aromatic rings. The van der Waals surface area contributed by atoms with Gasteiger partial charge in [0, 0.05) is 5.69 Å². The molecule has 2 rings (SSSR count). The Bertz CT molecular complexity index is 908. The topological polar surface area (TPSA) is 98.6 Å². The van der Waals surface area contributed by atoms with Crippen LogP contribution in [0.4, 0.5) is 18.9 Å². The first-order valence-corrected chi connectivity index (χ1v) is 7.39. The second-order valence-corrected chi connectivity index (χ2v) is 5.48. The van der Waals surface area contributed by atoms with Crippen molar-refractivity contribution in [2.24, 2.45) is 0 Å². The number of thioether (sulfide) groups is 1. The molecule has 1 heterocycles. The third kappa shape index (κ3) is 3.75. The summed E-state index contributed by atoms with van der Waals surface area (Å²) in [5.74, 6) is -5.64. The minimum atomic E-state index is -1.70. The predicted octanol–water partition coefficient (Wildman–Crippen LogP) is 2.10. The minimum absolute atomic E-state index is 0.0414. The Morgan fingerprint density at radius 2 is 2.08 bits per heavy atom. The van der Waals surface area contributed by atoms with Crippen LogP contribution in [0.15, 0.2) is 22.0 Å². The molecule has 0 atom stereocenters. The van der Waals surface area contributed by atoms with Crippen molar-refractivity contribution in [3.8, 4) is 6.07 Å². The lowest BCUT2D eigenvalue weighted by Crippen LogP contribution is -2.18. The molecule has 0 unspecified atom stereocenters. The number of amides is 1. The average Bonchev–Trinajstić information content (AvgIpc) is 2.53. The van der Waals surface area contributed by atoms with E-state index in [1.165, 1.54) is 6.92 Å². The van der Waals surface area contributed by atoms with Crippen LogP contribution in [0.25, 0.3) is 0 Å². The van der Waals surface area contributed by atoms with Crippen LogP contribution in [0.1, 0.15) is 11.3 Å². The zero-order valence-electron chi connectivity index (χ0n) is 12.1. The van der Waals surface area contributed by atoms with E-state index in [1.54, 1.807) is 0 Å². The summed E-state index contributed by atoms with van der Waals surface area (Å²) in [6.45, 7) is 1.50. The highest BCUT2D eigenvalue weighted by molar-refractivity contribution is 8.00. The SMILES string of the molecule is Cc1[nH]c(=O)nc(SCC(=O)Nc2ccc(F)c(F)c2F)c1C#N. The summed E-state index contributed by atoms with van der Waals surface area (Å²) in [5.41, 5.74) is -0.797. The van der Waals surface area contributed by atoms with Gasteiger partial charge in [0.15, 0.2) is 17.5 Å². The first kappa shape index (κ1) is 17.6. The summed E-state index contributed by atoms with van der Waals surface area (Å²) in [6, 6.07) is 3.41. The number of rotatable bonds is 4. The maximum absolute atomic E-state index is 13.5. The molecule has 124 valence electrons. The van der Waals surface area contributed by atoms with Crippen LogP contribution < -0.4 is 11.0 Å². The maximum Gasteiger partial charge on any atom is 0.346 e. The van der Waals surface area contributed by atoms with Crippen LogP contribution in [0.2, 0.25) is 0 Å². The molecule has 1 aromatic carbocycles. The molecule has 0 bridgehead atoms. The van der Waals surface area contributed by atoms with Gasteiger partial charge in [0.05, 0.1) is 11.4 Å². The van der Waals surface area contributed by atoms with E-state index in [-0.39, 0.29) is 16.3 Å². The van der Waals surface area contributed by atoms with Crippen molar-refractivity contribution >= 4 is 23.4 Å². The van der Waals surface area contributed by atoms with Crippen molar-refractivity contribution in [2.75, 3.05) is 11.1 Å². The minimum Gasteiger partial charge on any atom is -0.323 e. The van der Waals surface area contributed by atoms with Gasteiger partial charge in [0.2, 0.25) is 5.91 Å².